The monoisotopic (exact) mass is 328 g/mol. The molecule has 1 aliphatic rings. The fraction of sp³-hybridized carbons (Fsp3) is 0.421. The molecule has 1 aromatic heterocycles. The minimum absolute atomic E-state index is 0.0278. The van der Waals surface area contributed by atoms with Crippen molar-refractivity contribution in [3.63, 3.8) is 0 Å². The number of aliphatic hydroxyl groups excluding tert-OH is 1. The summed E-state index contributed by atoms with van der Waals surface area (Å²) in [6.07, 6.45) is 4.21. The summed E-state index contributed by atoms with van der Waals surface area (Å²) in [5, 5.41) is 13.2. The van der Waals surface area contributed by atoms with Crippen LogP contribution in [-0.4, -0.2) is 28.6 Å². The fourth-order valence-electron chi connectivity index (χ4n) is 3.22. The van der Waals surface area contributed by atoms with Gasteiger partial charge in [0.2, 0.25) is 0 Å². The molecule has 0 bridgehead atoms. The number of nitrogens with zero attached hydrogens (tertiary/aromatic N) is 1. The number of rotatable bonds is 5. The number of anilines is 1. The van der Waals surface area contributed by atoms with Crippen LogP contribution in [-0.2, 0) is 6.42 Å². The summed E-state index contributed by atoms with van der Waals surface area (Å²) in [5.74, 6) is 0.553. The highest BCUT2D eigenvalue weighted by atomic mass is 16.4. The van der Waals surface area contributed by atoms with Crippen molar-refractivity contribution in [1.82, 2.24) is 4.90 Å². The fourth-order valence-corrected chi connectivity index (χ4v) is 3.22. The van der Waals surface area contributed by atoms with Gasteiger partial charge in [0.1, 0.15) is 11.9 Å². The van der Waals surface area contributed by atoms with E-state index in [9.17, 15) is 9.90 Å². The third-order valence-corrected chi connectivity index (χ3v) is 4.62. The first-order valence-corrected chi connectivity index (χ1v) is 8.55. The molecule has 1 aliphatic heterocycles. The Morgan fingerprint density at radius 1 is 1.38 bits per heavy atom. The van der Waals surface area contributed by atoms with E-state index >= 15 is 0 Å². The number of furan rings is 1. The number of hydrogen-bond acceptors (Lipinski definition) is 3. The van der Waals surface area contributed by atoms with Crippen LogP contribution in [0.3, 0.4) is 0 Å². The molecule has 2 atom stereocenters. The highest BCUT2D eigenvalue weighted by Gasteiger charge is 2.31. The minimum atomic E-state index is -0.678. The van der Waals surface area contributed by atoms with Crippen LogP contribution in [0.2, 0.25) is 0 Å². The summed E-state index contributed by atoms with van der Waals surface area (Å²) >= 11 is 0. The molecule has 5 heteroatoms. The number of amides is 2. The molecule has 5 nitrogen and oxygen atoms in total. The molecule has 1 aromatic carbocycles. The number of aryl methyl sites for hydroxylation is 1. The van der Waals surface area contributed by atoms with Gasteiger partial charge in [-0.3, -0.25) is 0 Å². The molecule has 0 saturated carbocycles. The van der Waals surface area contributed by atoms with Crippen LogP contribution < -0.4 is 5.32 Å². The summed E-state index contributed by atoms with van der Waals surface area (Å²) in [5.41, 5.74) is 2.04. The van der Waals surface area contributed by atoms with Crippen molar-refractivity contribution >= 4 is 11.7 Å². The first kappa shape index (κ1) is 16.6. The van der Waals surface area contributed by atoms with Gasteiger partial charge in [-0.05, 0) is 49.1 Å². The van der Waals surface area contributed by atoms with Gasteiger partial charge in [0.05, 0.1) is 6.26 Å². The molecule has 24 heavy (non-hydrogen) atoms. The predicted octanol–water partition coefficient (Wildman–Crippen LogP) is 3.96. The molecule has 0 spiro atoms. The predicted molar refractivity (Wildman–Crippen MR) is 92.9 cm³/mol. The second-order valence-electron chi connectivity index (χ2n) is 6.24. The first-order chi connectivity index (χ1) is 11.7. The molecular formula is C19H24N2O3. The zero-order valence-corrected chi connectivity index (χ0v) is 13.9. The van der Waals surface area contributed by atoms with Crippen molar-refractivity contribution in [2.24, 2.45) is 0 Å². The van der Waals surface area contributed by atoms with E-state index in [4.69, 9.17) is 4.42 Å². The number of likely N-dealkylation sites (tertiary alicyclic amines) is 1. The Balaban J connectivity index is 1.60. The molecule has 0 radical (unpaired) electrons. The largest absolute Gasteiger partial charge is 0.467 e. The van der Waals surface area contributed by atoms with Gasteiger partial charge in [-0.1, -0.05) is 19.1 Å². The molecule has 2 N–H and O–H groups in total. The molecule has 2 heterocycles. The lowest BCUT2D eigenvalue weighted by Crippen LogP contribution is -2.39. The van der Waals surface area contributed by atoms with Gasteiger partial charge in [0, 0.05) is 24.7 Å². The van der Waals surface area contributed by atoms with Gasteiger partial charge >= 0.3 is 6.03 Å². The van der Waals surface area contributed by atoms with E-state index in [0.717, 1.165) is 24.9 Å². The van der Waals surface area contributed by atoms with Gasteiger partial charge in [-0.2, -0.15) is 0 Å². The van der Waals surface area contributed by atoms with E-state index in [2.05, 4.69) is 12.2 Å². The average Bonchev–Trinajstić information content (AvgIpc) is 3.27. The second-order valence-corrected chi connectivity index (χ2v) is 6.24. The zero-order chi connectivity index (χ0) is 16.9. The van der Waals surface area contributed by atoms with Crippen LogP contribution in [0.5, 0.6) is 0 Å². The van der Waals surface area contributed by atoms with E-state index in [1.54, 1.807) is 18.4 Å². The van der Waals surface area contributed by atoms with Crippen molar-refractivity contribution in [3.8, 4) is 0 Å². The lowest BCUT2D eigenvalue weighted by Gasteiger charge is -2.26. The summed E-state index contributed by atoms with van der Waals surface area (Å²) in [6.45, 7) is 2.82. The van der Waals surface area contributed by atoms with Gasteiger partial charge in [-0.25, -0.2) is 4.79 Å². The van der Waals surface area contributed by atoms with Gasteiger partial charge < -0.3 is 19.7 Å². The number of carbonyl (C=O) groups excluding carboxylic acids is 1. The second kappa shape index (κ2) is 7.53. The van der Waals surface area contributed by atoms with Crippen molar-refractivity contribution in [3.05, 3.63) is 54.0 Å². The molecule has 2 unspecified atom stereocenters. The van der Waals surface area contributed by atoms with E-state index < -0.39 is 6.10 Å². The molecule has 3 rings (SSSR count). The number of nitrogens with one attached hydrogen (secondary N) is 1. The van der Waals surface area contributed by atoms with E-state index in [0.29, 0.717) is 18.7 Å². The third-order valence-electron chi connectivity index (χ3n) is 4.62. The Morgan fingerprint density at radius 2 is 2.17 bits per heavy atom. The highest BCUT2D eigenvalue weighted by Crippen LogP contribution is 2.28. The van der Waals surface area contributed by atoms with Crippen LogP contribution in [0.1, 0.15) is 43.6 Å². The molecule has 128 valence electrons. The van der Waals surface area contributed by atoms with Crippen molar-refractivity contribution in [2.45, 2.75) is 44.8 Å². The smallest absolute Gasteiger partial charge is 0.322 e. The van der Waals surface area contributed by atoms with Crippen molar-refractivity contribution < 1.29 is 14.3 Å². The van der Waals surface area contributed by atoms with Gasteiger partial charge in [-0.15, -0.1) is 0 Å². The number of benzene rings is 1. The highest BCUT2D eigenvalue weighted by molar-refractivity contribution is 5.89. The number of urea groups is 1. The molecule has 1 saturated heterocycles. The third kappa shape index (κ3) is 3.79. The van der Waals surface area contributed by atoms with Crippen LogP contribution in [0.4, 0.5) is 10.5 Å². The van der Waals surface area contributed by atoms with Gasteiger partial charge in [0.15, 0.2) is 0 Å². The average molecular weight is 328 g/mol. The Labute approximate surface area is 142 Å². The maximum absolute atomic E-state index is 12.6. The van der Waals surface area contributed by atoms with Crippen LogP contribution in [0.25, 0.3) is 0 Å². The number of carbonyl (C=O) groups is 1. The van der Waals surface area contributed by atoms with Crippen molar-refractivity contribution in [2.75, 3.05) is 11.9 Å². The van der Waals surface area contributed by atoms with Crippen LogP contribution in [0.15, 0.2) is 47.1 Å². The van der Waals surface area contributed by atoms with Crippen molar-refractivity contribution in [1.29, 1.82) is 0 Å². The summed E-state index contributed by atoms with van der Waals surface area (Å²) in [4.78, 5) is 14.4. The van der Waals surface area contributed by atoms with E-state index in [-0.39, 0.29) is 12.1 Å². The first-order valence-electron chi connectivity index (χ1n) is 8.55. The Morgan fingerprint density at radius 3 is 2.83 bits per heavy atom. The summed E-state index contributed by atoms with van der Waals surface area (Å²) in [7, 11) is 0. The lowest BCUT2D eigenvalue weighted by molar-refractivity contribution is 0.110. The standard InChI is InChI=1S/C19H24N2O3/c1-2-14-7-9-15(10-8-14)20-19(23)21-11-3-5-16(21)13-17(22)18-6-4-12-24-18/h4,6-10,12,16-17,22H,2-3,5,11,13H2,1H3,(H,20,23). The zero-order valence-electron chi connectivity index (χ0n) is 13.9. The normalized spacial score (nSPS) is 18.6. The number of aliphatic hydroxyl groups is 1. The SMILES string of the molecule is CCc1ccc(NC(=O)N2CCCC2CC(O)c2ccco2)cc1. The van der Waals surface area contributed by atoms with Gasteiger partial charge in [0.25, 0.3) is 0 Å². The van der Waals surface area contributed by atoms with E-state index in [1.807, 2.05) is 29.2 Å². The van der Waals surface area contributed by atoms with E-state index in [1.165, 1.54) is 5.56 Å². The quantitative estimate of drug-likeness (QED) is 0.873. The molecule has 2 amide bonds. The maximum atomic E-state index is 12.6. The molecule has 1 fully saturated rings. The Kier molecular flexibility index (Phi) is 5.20. The van der Waals surface area contributed by atoms with Crippen LogP contribution >= 0.6 is 0 Å². The molecule has 0 aliphatic carbocycles. The Bertz CT molecular complexity index is 652. The minimum Gasteiger partial charge on any atom is -0.467 e. The lowest BCUT2D eigenvalue weighted by atomic mass is 10.1. The summed E-state index contributed by atoms with van der Waals surface area (Å²) < 4.78 is 5.25. The number of hydrogen-bond donors (Lipinski definition) is 2. The maximum Gasteiger partial charge on any atom is 0.322 e. The van der Waals surface area contributed by atoms with Crippen LogP contribution in [0, 0.1) is 0 Å². The molecule has 2 aromatic rings. The topological polar surface area (TPSA) is 65.7 Å². The Hall–Kier alpha value is -2.27. The summed E-state index contributed by atoms with van der Waals surface area (Å²) in [6, 6.07) is 11.4. The molecular weight excluding hydrogens is 304 g/mol.